The van der Waals surface area contributed by atoms with E-state index >= 15 is 0 Å². The second kappa shape index (κ2) is 6.47. The molecule has 1 saturated heterocycles. The summed E-state index contributed by atoms with van der Waals surface area (Å²) in [7, 11) is -0.146. The predicted molar refractivity (Wildman–Crippen MR) is 59.5 cm³/mol. The van der Waals surface area contributed by atoms with Crippen LogP contribution < -0.4 is 0 Å². The lowest BCUT2D eigenvalue weighted by Crippen LogP contribution is -2.19. The van der Waals surface area contributed by atoms with Gasteiger partial charge in [-0.25, -0.2) is 0 Å². The molecule has 0 unspecified atom stereocenters. The Kier molecular flexibility index (Phi) is 5.41. The van der Waals surface area contributed by atoms with Crippen LogP contribution in [0.3, 0.4) is 0 Å². The Morgan fingerprint density at radius 3 is 2.58 bits per heavy atom. The summed E-state index contributed by atoms with van der Waals surface area (Å²) >= 11 is 0. The van der Waals surface area contributed by atoms with Crippen molar-refractivity contribution in [2.45, 2.75) is 57.2 Å². The van der Waals surface area contributed by atoms with Gasteiger partial charge in [-0.15, -0.1) is 0 Å². The summed E-state index contributed by atoms with van der Waals surface area (Å²) in [6, 6.07) is 4.74. The highest BCUT2D eigenvalue weighted by Crippen LogP contribution is 2.23. The normalized spacial score (nSPS) is 18.4. The third-order valence-electron chi connectivity index (χ3n) is 2.84. The van der Waals surface area contributed by atoms with Gasteiger partial charge in [-0.2, -0.15) is 0 Å². The molecule has 0 aromatic heterocycles. The topological polar surface area (TPSA) is 0 Å². The monoisotopic (exact) mass is 182 g/mol. The zero-order chi connectivity index (χ0) is 8.65. The summed E-state index contributed by atoms with van der Waals surface area (Å²) in [6.45, 7) is 2.27. The second-order valence-corrected chi connectivity index (χ2v) is 7.36. The fraction of sp³-hybridized carbons (Fsp3) is 0.818. The van der Waals surface area contributed by atoms with E-state index in [9.17, 15) is 0 Å². The van der Waals surface area contributed by atoms with Crippen LogP contribution in [0.25, 0.3) is 0 Å². The minimum atomic E-state index is -0.146. The fourth-order valence-corrected chi connectivity index (χ4v) is 3.68. The quantitative estimate of drug-likeness (QED) is 0.333. The number of hydrogen-bond acceptors (Lipinski definition) is 0. The van der Waals surface area contributed by atoms with E-state index in [2.05, 4.69) is 19.1 Å². The zero-order valence-corrected chi connectivity index (χ0v) is 9.54. The molecule has 0 saturated carbocycles. The van der Waals surface area contributed by atoms with Crippen LogP contribution in [0.15, 0.2) is 12.2 Å². The summed E-state index contributed by atoms with van der Waals surface area (Å²) in [4.78, 5) is 0. The van der Waals surface area contributed by atoms with Crippen molar-refractivity contribution in [1.29, 1.82) is 0 Å². The SMILES string of the molecule is CCCCCC=CC[SiH]1CCC1. The average Bonchev–Trinajstić information content (AvgIpc) is 2.00. The largest absolute Gasteiger partial charge is 0.0915 e. The molecule has 0 amide bonds. The first-order chi connectivity index (χ1) is 5.93. The van der Waals surface area contributed by atoms with Crippen LogP contribution in [-0.2, 0) is 0 Å². The molecule has 0 bridgehead atoms. The van der Waals surface area contributed by atoms with Gasteiger partial charge in [0.05, 0.1) is 0 Å². The Morgan fingerprint density at radius 1 is 1.17 bits per heavy atom. The molecule has 0 atom stereocenters. The van der Waals surface area contributed by atoms with Crippen LogP contribution in [0.5, 0.6) is 0 Å². The van der Waals surface area contributed by atoms with Gasteiger partial charge in [-0.3, -0.25) is 0 Å². The minimum Gasteiger partial charge on any atom is -0.0915 e. The van der Waals surface area contributed by atoms with Gasteiger partial charge in [0.15, 0.2) is 0 Å². The van der Waals surface area contributed by atoms with Crippen LogP contribution in [0.4, 0.5) is 0 Å². The highest BCUT2D eigenvalue weighted by Gasteiger charge is 2.16. The molecule has 12 heavy (non-hydrogen) atoms. The second-order valence-electron chi connectivity index (χ2n) is 4.00. The van der Waals surface area contributed by atoms with Gasteiger partial charge in [0.25, 0.3) is 0 Å². The van der Waals surface area contributed by atoms with E-state index in [0.29, 0.717) is 0 Å². The van der Waals surface area contributed by atoms with Gasteiger partial charge in [0.1, 0.15) is 0 Å². The van der Waals surface area contributed by atoms with Crippen LogP contribution in [0, 0.1) is 0 Å². The first-order valence-electron chi connectivity index (χ1n) is 5.58. The van der Waals surface area contributed by atoms with E-state index < -0.39 is 0 Å². The van der Waals surface area contributed by atoms with Crippen LogP contribution in [-0.4, -0.2) is 8.80 Å². The molecule has 0 N–H and O–H groups in total. The van der Waals surface area contributed by atoms with Crippen LogP contribution in [0.2, 0.25) is 18.1 Å². The number of allylic oxidation sites excluding steroid dienone is 2. The molecular formula is C11H22Si. The summed E-state index contributed by atoms with van der Waals surface area (Å²) in [5.41, 5.74) is 0. The standard InChI is InChI=1S/C11H22Si/c1-2-3-4-5-6-7-9-12-10-8-11-12/h6-7,12H,2-5,8-11H2,1H3. The fourth-order valence-electron chi connectivity index (χ4n) is 1.65. The van der Waals surface area contributed by atoms with Crippen LogP contribution >= 0.6 is 0 Å². The maximum absolute atomic E-state index is 2.46. The van der Waals surface area contributed by atoms with Crippen molar-refractivity contribution in [2.24, 2.45) is 0 Å². The first-order valence-corrected chi connectivity index (χ1v) is 8.03. The summed E-state index contributed by atoms with van der Waals surface area (Å²) in [6.07, 6.45) is 11.9. The molecule has 0 aromatic carbocycles. The lowest BCUT2D eigenvalue weighted by molar-refractivity contribution is 0.729. The molecule has 0 aliphatic carbocycles. The van der Waals surface area contributed by atoms with Gasteiger partial charge >= 0.3 is 0 Å². The van der Waals surface area contributed by atoms with E-state index in [1.165, 1.54) is 31.7 Å². The maximum Gasteiger partial charge on any atom is 0.0405 e. The number of hydrogen-bond donors (Lipinski definition) is 0. The molecule has 1 heterocycles. The number of rotatable bonds is 6. The minimum absolute atomic E-state index is 0.146. The maximum atomic E-state index is 2.46. The van der Waals surface area contributed by atoms with Gasteiger partial charge in [-0.1, -0.05) is 50.4 Å². The lowest BCUT2D eigenvalue weighted by atomic mass is 10.2. The number of unbranched alkanes of at least 4 members (excludes halogenated alkanes) is 3. The molecule has 1 fully saturated rings. The Hall–Kier alpha value is -0.0431. The third-order valence-corrected chi connectivity index (χ3v) is 6.22. The van der Waals surface area contributed by atoms with E-state index in [0.717, 1.165) is 0 Å². The Balaban J connectivity index is 1.84. The highest BCUT2D eigenvalue weighted by molar-refractivity contribution is 6.62. The van der Waals surface area contributed by atoms with E-state index in [1.54, 1.807) is 18.5 Å². The molecular weight excluding hydrogens is 160 g/mol. The summed E-state index contributed by atoms with van der Waals surface area (Å²) in [5, 5.41) is 0. The first kappa shape index (κ1) is 10.0. The van der Waals surface area contributed by atoms with Crippen molar-refractivity contribution < 1.29 is 0 Å². The van der Waals surface area contributed by atoms with Crippen molar-refractivity contribution in [3.63, 3.8) is 0 Å². The smallest absolute Gasteiger partial charge is 0.0405 e. The van der Waals surface area contributed by atoms with E-state index in [-0.39, 0.29) is 8.80 Å². The van der Waals surface area contributed by atoms with Crippen molar-refractivity contribution in [3.05, 3.63) is 12.2 Å². The van der Waals surface area contributed by atoms with Gasteiger partial charge in [0.2, 0.25) is 0 Å². The molecule has 1 aliphatic rings. The Labute approximate surface area is 78.7 Å². The van der Waals surface area contributed by atoms with Crippen molar-refractivity contribution >= 4 is 8.80 Å². The van der Waals surface area contributed by atoms with Crippen molar-refractivity contribution in [2.75, 3.05) is 0 Å². The van der Waals surface area contributed by atoms with Crippen molar-refractivity contribution in [1.82, 2.24) is 0 Å². The van der Waals surface area contributed by atoms with Gasteiger partial charge < -0.3 is 0 Å². The third kappa shape index (κ3) is 4.10. The Bertz CT molecular complexity index is 125. The highest BCUT2D eigenvalue weighted by atomic mass is 28.3. The zero-order valence-electron chi connectivity index (χ0n) is 8.39. The van der Waals surface area contributed by atoms with E-state index in [1.807, 2.05) is 0 Å². The lowest BCUT2D eigenvalue weighted by Gasteiger charge is -2.21. The average molecular weight is 182 g/mol. The molecule has 0 aromatic rings. The van der Waals surface area contributed by atoms with E-state index in [4.69, 9.17) is 0 Å². The van der Waals surface area contributed by atoms with Crippen LogP contribution in [0.1, 0.15) is 39.0 Å². The molecule has 1 heteroatoms. The Morgan fingerprint density at radius 2 is 2.00 bits per heavy atom. The molecule has 0 spiro atoms. The summed E-state index contributed by atoms with van der Waals surface area (Å²) < 4.78 is 0. The molecule has 70 valence electrons. The van der Waals surface area contributed by atoms with Crippen molar-refractivity contribution in [3.8, 4) is 0 Å². The molecule has 0 nitrogen and oxygen atoms in total. The van der Waals surface area contributed by atoms with Gasteiger partial charge in [0, 0.05) is 8.80 Å². The molecule has 1 aliphatic heterocycles. The molecule has 1 rings (SSSR count). The predicted octanol–water partition coefficient (Wildman–Crippen LogP) is 3.75. The summed E-state index contributed by atoms with van der Waals surface area (Å²) in [5.74, 6) is 0. The molecule has 0 radical (unpaired) electrons. The van der Waals surface area contributed by atoms with Gasteiger partial charge in [-0.05, 0) is 18.9 Å².